The van der Waals surface area contributed by atoms with Crippen LogP contribution in [0.1, 0.15) is 13.3 Å². The summed E-state index contributed by atoms with van der Waals surface area (Å²) in [6.45, 7) is 2.57. The van der Waals surface area contributed by atoms with Crippen molar-refractivity contribution in [3.63, 3.8) is 0 Å². The Morgan fingerprint density at radius 2 is 1.96 bits per heavy atom. The lowest BCUT2D eigenvalue weighted by atomic mass is 10.2. The van der Waals surface area contributed by atoms with Crippen LogP contribution >= 0.6 is 0 Å². The summed E-state index contributed by atoms with van der Waals surface area (Å²) < 4.78 is 28.4. The molecule has 0 amide bonds. The quantitative estimate of drug-likeness (QED) is 0.827. The average molecular weight is 348 g/mol. The fourth-order valence-electron chi connectivity index (χ4n) is 2.57. The Balaban J connectivity index is 1.64. The van der Waals surface area contributed by atoms with Crippen LogP contribution < -0.4 is 15.4 Å². The van der Waals surface area contributed by atoms with Crippen molar-refractivity contribution in [2.24, 2.45) is 0 Å². The van der Waals surface area contributed by atoms with Crippen molar-refractivity contribution in [1.82, 2.24) is 9.97 Å². The molecule has 1 fully saturated rings. The molecule has 0 spiro atoms. The number of benzene rings is 1. The molecule has 8 heteroatoms. The highest BCUT2D eigenvalue weighted by Gasteiger charge is 2.27. The highest BCUT2D eigenvalue weighted by molar-refractivity contribution is 7.91. The first-order valence-corrected chi connectivity index (χ1v) is 9.65. The van der Waals surface area contributed by atoms with Gasteiger partial charge in [-0.05, 0) is 37.6 Å². The average Bonchev–Trinajstić information content (AvgIpc) is 2.89. The molecule has 1 aromatic carbocycles. The second-order valence-corrected chi connectivity index (χ2v) is 7.84. The normalized spacial score (nSPS) is 19.0. The minimum Gasteiger partial charge on any atom is -0.494 e. The third-order valence-corrected chi connectivity index (χ3v) is 5.46. The Morgan fingerprint density at radius 1 is 1.21 bits per heavy atom. The number of nitrogens with zero attached hydrogens (tertiary/aromatic N) is 2. The van der Waals surface area contributed by atoms with Crippen molar-refractivity contribution < 1.29 is 13.2 Å². The van der Waals surface area contributed by atoms with E-state index in [4.69, 9.17) is 4.74 Å². The van der Waals surface area contributed by atoms with Crippen molar-refractivity contribution in [1.29, 1.82) is 0 Å². The van der Waals surface area contributed by atoms with E-state index >= 15 is 0 Å². The zero-order valence-electron chi connectivity index (χ0n) is 13.4. The fraction of sp³-hybridized carbons (Fsp3) is 0.375. The van der Waals surface area contributed by atoms with E-state index < -0.39 is 9.84 Å². The van der Waals surface area contributed by atoms with E-state index in [1.807, 2.05) is 31.2 Å². The number of aromatic nitrogens is 2. The molecule has 2 aromatic rings. The molecule has 1 aliphatic heterocycles. The first kappa shape index (κ1) is 16.5. The van der Waals surface area contributed by atoms with Crippen LogP contribution in [-0.4, -0.2) is 42.5 Å². The number of rotatable bonds is 6. The number of anilines is 3. The van der Waals surface area contributed by atoms with Gasteiger partial charge in [-0.2, -0.15) is 0 Å². The lowest BCUT2D eigenvalue weighted by Crippen LogP contribution is -2.21. The summed E-state index contributed by atoms with van der Waals surface area (Å²) in [5.74, 6) is 2.44. The number of hydrogen-bond donors (Lipinski definition) is 2. The molecular weight excluding hydrogens is 328 g/mol. The monoisotopic (exact) mass is 348 g/mol. The summed E-state index contributed by atoms with van der Waals surface area (Å²) >= 11 is 0. The Kier molecular flexibility index (Phi) is 4.84. The summed E-state index contributed by atoms with van der Waals surface area (Å²) in [4.78, 5) is 8.34. The molecule has 2 N–H and O–H groups in total. The van der Waals surface area contributed by atoms with Gasteiger partial charge in [0.25, 0.3) is 0 Å². The molecule has 7 nitrogen and oxygen atoms in total. The predicted molar refractivity (Wildman–Crippen MR) is 93.6 cm³/mol. The number of hydrogen-bond acceptors (Lipinski definition) is 7. The Morgan fingerprint density at radius 3 is 2.62 bits per heavy atom. The van der Waals surface area contributed by atoms with Gasteiger partial charge in [0.1, 0.15) is 23.7 Å². The van der Waals surface area contributed by atoms with E-state index in [1.165, 1.54) is 6.33 Å². The molecule has 1 aliphatic rings. The summed E-state index contributed by atoms with van der Waals surface area (Å²) in [5.41, 5.74) is 0.881. The number of sulfone groups is 1. The van der Waals surface area contributed by atoms with Crippen molar-refractivity contribution in [2.45, 2.75) is 19.4 Å². The van der Waals surface area contributed by atoms with Crippen molar-refractivity contribution in [2.75, 3.05) is 28.7 Å². The largest absolute Gasteiger partial charge is 0.494 e. The maximum absolute atomic E-state index is 11.5. The van der Waals surface area contributed by atoms with Gasteiger partial charge in [-0.3, -0.25) is 0 Å². The smallest absolute Gasteiger partial charge is 0.152 e. The molecule has 1 atom stereocenters. The second kappa shape index (κ2) is 7.04. The Bertz CT molecular complexity index is 793. The van der Waals surface area contributed by atoms with Gasteiger partial charge in [0.05, 0.1) is 18.1 Å². The predicted octanol–water partition coefficient (Wildman–Crippen LogP) is 2.22. The van der Waals surface area contributed by atoms with Crippen LogP contribution in [0.4, 0.5) is 17.3 Å². The van der Waals surface area contributed by atoms with Gasteiger partial charge in [0.2, 0.25) is 0 Å². The highest BCUT2D eigenvalue weighted by Crippen LogP contribution is 2.21. The molecular formula is C16H20N4O3S. The van der Waals surface area contributed by atoms with Gasteiger partial charge in [0, 0.05) is 17.8 Å². The van der Waals surface area contributed by atoms with Crippen LogP contribution in [0, 0.1) is 0 Å². The molecule has 1 unspecified atom stereocenters. The summed E-state index contributed by atoms with van der Waals surface area (Å²) in [7, 11) is -2.92. The Hall–Kier alpha value is -2.35. The van der Waals surface area contributed by atoms with Crippen molar-refractivity contribution >= 4 is 27.2 Å². The van der Waals surface area contributed by atoms with E-state index in [1.54, 1.807) is 6.07 Å². The second-order valence-electron chi connectivity index (χ2n) is 5.62. The van der Waals surface area contributed by atoms with Gasteiger partial charge in [-0.15, -0.1) is 0 Å². The van der Waals surface area contributed by atoms with E-state index in [2.05, 4.69) is 20.6 Å². The van der Waals surface area contributed by atoms with Gasteiger partial charge in [-0.25, -0.2) is 18.4 Å². The van der Waals surface area contributed by atoms with Crippen molar-refractivity contribution in [3.05, 3.63) is 36.7 Å². The van der Waals surface area contributed by atoms with Crippen LogP contribution in [0.2, 0.25) is 0 Å². The molecule has 128 valence electrons. The molecule has 3 rings (SSSR count). The van der Waals surface area contributed by atoms with E-state index in [0.29, 0.717) is 24.7 Å². The topological polar surface area (TPSA) is 93.2 Å². The van der Waals surface area contributed by atoms with Crippen LogP contribution in [-0.2, 0) is 9.84 Å². The van der Waals surface area contributed by atoms with Crippen molar-refractivity contribution in [3.8, 4) is 5.75 Å². The molecule has 2 heterocycles. The number of nitrogens with one attached hydrogen (secondary N) is 2. The molecule has 0 radical (unpaired) electrons. The van der Waals surface area contributed by atoms with E-state index in [0.717, 1.165) is 11.4 Å². The lowest BCUT2D eigenvalue weighted by molar-refractivity contribution is 0.340. The van der Waals surface area contributed by atoms with E-state index in [-0.39, 0.29) is 17.5 Å². The third-order valence-electron chi connectivity index (χ3n) is 3.69. The lowest BCUT2D eigenvalue weighted by Gasteiger charge is -2.12. The van der Waals surface area contributed by atoms with Crippen LogP contribution in [0.25, 0.3) is 0 Å². The maximum atomic E-state index is 11.5. The van der Waals surface area contributed by atoms with Crippen LogP contribution in [0.5, 0.6) is 5.75 Å². The molecule has 0 bridgehead atoms. The standard InChI is InChI=1S/C16H20N4O3S/c1-2-23-14-5-3-12(4-6-14)19-15-9-16(18-11-17-15)20-13-7-8-24(21,22)10-13/h3-6,9,11,13H,2,7-8,10H2,1H3,(H2,17,18,19,20). The maximum Gasteiger partial charge on any atom is 0.152 e. The first-order valence-electron chi connectivity index (χ1n) is 7.83. The highest BCUT2D eigenvalue weighted by atomic mass is 32.2. The minimum absolute atomic E-state index is 0.0942. The summed E-state index contributed by atoms with van der Waals surface area (Å²) in [6.07, 6.45) is 2.05. The van der Waals surface area contributed by atoms with E-state index in [9.17, 15) is 8.42 Å². The molecule has 24 heavy (non-hydrogen) atoms. The summed E-state index contributed by atoms with van der Waals surface area (Å²) in [5, 5.41) is 6.35. The van der Waals surface area contributed by atoms with Gasteiger partial charge < -0.3 is 15.4 Å². The minimum atomic E-state index is -2.92. The first-order chi connectivity index (χ1) is 11.5. The number of ether oxygens (including phenoxy) is 1. The molecule has 1 aromatic heterocycles. The Labute approximate surface area is 141 Å². The zero-order chi connectivity index (χ0) is 17.0. The molecule has 1 saturated heterocycles. The zero-order valence-corrected chi connectivity index (χ0v) is 14.2. The third kappa shape index (κ3) is 4.35. The molecule has 0 saturated carbocycles. The summed E-state index contributed by atoms with van der Waals surface area (Å²) in [6, 6.07) is 9.25. The van der Waals surface area contributed by atoms with Gasteiger partial charge >= 0.3 is 0 Å². The molecule has 0 aliphatic carbocycles. The van der Waals surface area contributed by atoms with Gasteiger partial charge in [0.15, 0.2) is 9.84 Å². The van der Waals surface area contributed by atoms with Crippen LogP contribution in [0.3, 0.4) is 0 Å². The van der Waals surface area contributed by atoms with Crippen LogP contribution in [0.15, 0.2) is 36.7 Å². The SMILES string of the molecule is CCOc1ccc(Nc2cc(NC3CCS(=O)(=O)C3)ncn2)cc1. The fourth-order valence-corrected chi connectivity index (χ4v) is 4.24. The van der Waals surface area contributed by atoms with Gasteiger partial charge in [-0.1, -0.05) is 0 Å².